The minimum absolute atomic E-state index is 0.00582. The number of benzene rings is 4. The lowest BCUT2D eigenvalue weighted by atomic mass is 9.55. The first-order valence-electron chi connectivity index (χ1n) is 28.0. The van der Waals surface area contributed by atoms with Crippen LogP contribution in [0.15, 0.2) is 114 Å². The van der Waals surface area contributed by atoms with Gasteiger partial charge in [-0.3, -0.25) is 15.0 Å². The van der Waals surface area contributed by atoms with E-state index in [1.165, 1.54) is 57.1 Å². The van der Waals surface area contributed by atoms with E-state index in [4.69, 9.17) is 40.5 Å². The maximum atomic E-state index is 15.0. The molecule has 4 aromatic carbocycles. The van der Waals surface area contributed by atoms with E-state index in [-0.39, 0.29) is 69.4 Å². The highest BCUT2D eigenvalue weighted by molar-refractivity contribution is 6.18. The van der Waals surface area contributed by atoms with E-state index in [9.17, 15) is 29.9 Å². The molecule has 0 radical (unpaired) electrons. The summed E-state index contributed by atoms with van der Waals surface area (Å²) in [6.45, 7) is 6.91. The first kappa shape index (κ1) is 58.7. The third-order valence-electron chi connectivity index (χ3n) is 15.3. The van der Waals surface area contributed by atoms with E-state index in [0.717, 1.165) is 59.6 Å². The quantitative estimate of drug-likeness (QED) is 0.0139. The fourth-order valence-corrected chi connectivity index (χ4v) is 11.8. The fraction of sp³-hybridized carbons (Fsp3) is 0.525. The topological polar surface area (TPSA) is 192 Å². The molecule has 7 rings (SSSR count). The van der Waals surface area contributed by atoms with Crippen LogP contribution < -0.4 is 14.8 Å². The van der Waals surface area contributed by atoms with Crippen LogP contribution in [-0.4, -0.2) is 88.6 Å². The minimum Gasteiger partial charge on any atom is -0.459 e. The van der Waals surface area contributed by atoms with Gasteiger partial charge in [0.15, 0.2) is 0 Å². The van der Waals surface area contributed by atoms with Crippen molar-refractivity contribution in [3.8, 4) is 11.5 Å². The molecule has 77 heavy (non-hydrogen) atoms. The SMILES string of the molecule is C=CCOC12Oc3ccc(OC(=O)NCCCCCCCCCCCC)cc3C3C(CCCCO)C(CCCCO)C=C(C(=NOCc4ccc([N+](=O)[O-])cc4)CC1N(Cc1cccc4ccccc14)C(=O)OCCCl)C32. The van der Waals surface area contributed by atoms with Gasteiger partial charge < -0.3 is 39.3 Å². The Morgan fingerprint density at radius 2 is 1.62 bits per heavy atom. The van der Waals surface area contributed by atoms with Gasteiger partial charge in [0.05, 0.1) is 35.6 Å². The molecule has 0 spiro atoms. The molecule has 6 atom stereocenters. The van der Waals surface area contributed by atoms with Crippen molar-refractivity contribution in [2.45, 2.75) is 147 Å². The molecular formula is C61H79ClN4O11. The summed E-state index contributed by atoms with van der Waals surface area (Å²) >= 11 is 6.20. The number of aliphatic hydroxyl groups excluding tert-OH is 2. The minimum atomic E-state index is -1.61. The molecule has 2 amide bonds. The summed E-state index contributed by atoms with van der Waals surface area (Å²) in [5.41, 5.74) is 3.61. The summed E-state index contributed by atoms with van der Waals surface area (Å²) in [4.78, 5) is 47.4. The van der Waals surface area contributed by atoms with E-state index >= 15 is 0 Å². The van der Waals surface area contributed by atoms with Gasteiger partial charge in [-0.15, -0.1) is 18.2 Å². The lowest BCUT2D eigenvalue weighted by molar-refractivity contribution is -0.384. The monoisotopic (exact) mass is 1080 g/mol. The number of nitrogens with zero attached hydrogens (tertiary/aromatic N) is 3. The number of nitro benzene ring substituents is 1. The Bertz CT molecular complexity index is 2610. The average Bonchev–Trinajstić information content (AvgIpc) is 3.55. The normalized spacial score (nSPS) is 20.8. The van der Waals surface area contributed by atoms with Gasteiger partial charge in [-0.05, 0) is 102 Å². The summed E-state index contributed by atoms with van der Waals surface area (Å²) < 4.78 is 26.6. The van der Waals surface area contributed by atoms with E-state index in [2.05, 4.69) is 24.9 Å². The smallest absolute Gasteiger partial charge is 0.412 e. The van der Waals surface area contributed by atoms with E-state index in [1.54, 1.807) is 29.2 Å². The highest BCUT2D eigenvalue weighted by Crippen LogP contribution is 2.62. The molecule has 1 fully saturated rings. The molecule has 1 aliphatic heterocycles. The number of rotatable bonds is 32. The second-order valence-corrected chi connectivity index (χ2v) is 20.9. The molecule has 3 aliphatic rings. The molecule has 1 heterocycles. The molecular weight excluding hydrogens is 1000 g/mol. The number of hydrogen-bond acceptors (Lipinski definition) is 12. The predicted octanol–water partition coefficient (Wildman–Crippen LogP) is 13.5. The Balaban J connectivity index is 1.32. The third kappa shape index (κ3) is 15.4. The van der Waals surface area contributed by atoms with Gasteiger partial charge in [0.2, 0.25) is 5.79 Å². The largest absolute Gasteiger partial charge is 0.459 e. The number of halogens is 1. The maximum absolute atomic E-state index is 15.0. The van der Waals surface area contributed by atoms with Crippen LogP contribution in [0.2, 0.25) is 0 Å². The standard InChI is InChI=1S/C61H79ClN4O11/c1-3-5-6-7-8-9-10-11-12-17-34-63-59(69)76-49-31-32-55-53(40-49)57-51(26-16-19-36-68)46(22-15-18-35-67)39-52-54(64-75-43-44-27-29-48(30-28-44)66(71)72)41-56(61(77-55,58(52)57)74-37-4-2)65(60(70)73-38-33-62)42-47-24-20-23-45-21-13-14-25-50(45)47/h4,13-14,20-21,23-25,27-32,39-40,46,51,56-58,67-68H,2-3,5-12,15-19,22,26,33-38,41-43H2,1H3,(H,63,69). The number of carbonyl (C=O) groups excluding carboxylic acids is 2. The first-order valence-corrected chi connectivity index (χ1v) is 28.5. The van der Waals surface area contributed by atoms with Crippen molar-refractivity contribution in [3.63, 3.8) is 0 Å². The maximum Gasteiger partial charge on any atom is 0.412 e. The fourth-order valence-electron chi connectivity index (χ4n) is 11.7. The van der Waals surface area contributed by atoms with E-state index in [1.807, 2.05) is 54.6 Å². The molecule has 1 saturated carbocycles. The molecule has 0 saturated heterocycles. The van der Waals surface area contributed by atoms with Crippen molar-refractivity contribution in [1.29, 1.82) is 0 Å². The molecule has 2 aliphatic carbocycles. The van der Waals surface area contributed by atoms with Crippen LogP contribution >= 0.6 is 11.6 Å². The highest BCUT2D eigenvalue weighted by atomic mass is 35.5. The molecule has 416 valence electrons. The van der Waals surface area contributed by atoms with Crippen LogP contribution in [-0.2, 0) is 27.5 Å². The highest BCUT2D eigenvalue weighted by Gasteiger charge is 2.66. The van der Waals surface area contributed by atoms with Gasteiger partial charge in [-0.1, -0.05) is 137 Å². The number of unbranched alkanes of at least 4 members (excludes halogenated alkanes) is 11. The van der Waals surface area contributed by atoms with E-state index in [0.29, 0.717) is 55.0 Å². The summed E-state index contributed by atoms with van der Waals surface area (Å²) in [5.74, 6) is -1.94. The predicted molar refractivity (Wildman–Crippen MR) is 300 cm³/mol. The number of allylic oxidation sites excluding steroid dienone is 1. The zero-order valence-electron chi connectivity index (χ0n) is 44.8. The second-order valence-electron chi connectivity index (χ2n) is 20.5. The number of non-ortho nitro benzene ring substituents is 1. The van der Waals surface area contributed by atoms with Crippen molar-refractivity contribution in [3.05, 3.63) is 136 Å². The third-order valence-corrected chi connectivity index (χ3v) is 15.5. The number of alkyl halides is 1. The van der Waals surface area contributed by atoms with E-state index < -0.39 is 40.8 Å². The number of aliphatic hydroxyl groups is 2. The number of amides is 2. The van der Waals surface area contributed by atoms with Gasteiger partial charge in [0, 0.05) is 49.8 Å². The van der Waals surface area contributed by atoms with Crippen LogP contribution in [0.25, 0.3) is 10.8 Å². The number of nitrogens with one attached hydrogen (secondary N) is 1. The molecule has 6 unspecified atom stereocenters. The molecule has 16 heteroatoms. The Morgan fingerprint density at radius 1 is 0.909 bits per heavy atom. The number of carbonyl (C=O) groups is 2. The summed E-state index contributed by atoms with van der Waals surface area (Å²) in [5, 5.41) is 41.5. The Kier molecular flexibility index (Phi) is 23.0. The zero-order chi connectivity index (χ0) is 54.4. The van der Waals surface area contributed by atoms with Crippen LogP contribution in [0.5, 0.6) is 11.5 Å². The molecule has 0 bridgehead atoms. The first-order chi connectivity index (χ1) is 37.7. The van der Waals surface area contributed by atoms with Gasteiger partial charge in [0.25, 0.3) is 5.69 Å². The summed E-state index contributed by atoms with van der Waals surface area (Å²) in [6.07, 6.45) is 18.7. The van der Waals surface area contributed by atoms with Crippen LogP contribution in [0.3, 0.4) is 0 Å². The molecule has 0 aromatic heterocycles. The molecule has 3 N–H and O–H groups in total. The number of fused-ring (bicyclic) bond motifs is 3. The lowest BCUT2D eigenvalue weighted by Gasteiger charge is -2.59. The zero-order valence-corrected chi connectivity index (χ0v) is 45.6. The van der Waals surface area contributed by atoms with Crippen molar-refractivity contribution in [2.24, 2.45) is 22.9 Å². The Labute approximate surface area is 459 Å². The Morgan fingerprint density at radius 3 is 2.34 bits per heavy atom. The van der Waals surface area contributed by atoms with Gasteiger partial charge in [0.1, 0.15) is 30.8 Å². The Hall–Kier alpha value is -6.00. The number of oxime groups is 1. The number of hydrogen-bond donors (Lipinski definition) is 3. The van der Waals surface area contributed by atoms with Crippen molar-refractivity contribution < 1.29 is 48.5 Å². The van der Waals surface area contributed by atoms with Gasteiger partial charge in [-0.2, -0.15) is 0 Å². The molecule has 4 aromatic rings. The van der Waals surface area contributed by atoms with Crippen molar-refractivity contribution >= 4 is 46.0 Å². The van der Waals surface area contributed by atoms with Crippen LogP contribution in [0.4, 0.5) is 15.3 Å². The van der Waals surface area contributed by atoms with Crippen molar-refractivity contribution in [2.75, 3.05) is 38.9 Å². The average molecular weight is 1080 g/mol. The van der Waals surface area contributed by atoms with Crippen LogP contribution in [0.1, 0.15) is 139 Å². The summed E-state index contributed by atoms with van der Waals surface area (Å²) in [7, 11) is 0. The number of nitro groups is 1. The van der Waals surface area contributed by atoms with Crippen LogP contribution in [0, 0.1) is 27.9 Å². The second kappa shape index (κ2) is 30.2. The lowest BCUT2D eigenvalue weighted by Crippen LogP contribution is -2.70. The number of ether oxygens (including phenoxy) is 4. The van der Waals surface area contributed by atoms with Gasteiger partial charge in [-0.25, -0.2) is 9.59 Å². The van der Waals surface area contributed by atoms with Crippen molar-refractivity contribution in [1.82, 2.24) is 10.2 Å². The van der Waals surface area contributed by atoms with Gasteiger partial charge >= 0.3 is 12.2 Å². The summed E-state index contributed by atoms with van der Waals surface area (Å²) in [6, 6.07) is 24.5. The molecule has 15 nitrogen and oxygen atoms in total.